The summed E-state index contributed by atoms with van der Waals surface area (Å²) in [7, 11) is 2.24. The highest BCUT2D eigenvalue weighted by molar-refractivity contribution is 7.89. The number of ether oxygens (including phenoxy) is 1. The van der Waals surface area contributed by atoms with Gasteiger partial charge >= 0.3 is 0 Å². The molecular formula is C29H42ClN3O4S. The number of aryl methyl sites for hydroxylation is 1. The molecular weight excluding hydrogens is 522 g/mol. The number of carbonyl (C=O) groups is 1. The van der Waals surface area contributed by atoms with E-state index in [1.165, 1.54) is 41.9 Å². The SMILES string of the molecule is CN(C)C(CCc1ccccc1)C1CCC(CNC(=O)COCCN(C)S(=O)(=O)c2ccc(Cl)cc2)CC1. The maximum Gasteiger partial charge on any atom is 0.246 e. The molecule has 1 unspecified atom stereocenters. The Balaban J connectivity index is 1.31. The molecule has 1 aliphatic carbocycles. The summed E-state index contributed by atoms with van der Waals surface area (Å²) in [4.78, 5) is 14.8. The Hall–Kier alpha value is -1.97. The molecule has 38 heavy (non-hydrogen) atoms. The molecule has 2 aromatic carbocycles. The monoisotopic (exact) mass is 563 g/mol. The molecule has 3 rings (SSSR count). The van der Waals surface area contributed by atoms with E-state index >= 15 is 0 Å². The van der Waals surface area contributed by atoms with Crippen LogP contribution in [0.25, 0.3) is 0 Å². The second kappa shape index (κ2) is 15.0. The van der Waals surface area contributed by atoms with E-state index in [4.69, 9.17) is 16.3 Å². The van der Waals surface area contributed by atoms with E-state index in [-0.39, 0.29) is 30.6 Å². The second-order valence-electron chi connectivity index (χ2n) is 10.5. The van der Waals surface area contributed by atoms with Crippen molar-refractivity contribution in [2.75, 3.05) is 47.4 Å². The third-order valence-electron chi connectivity index (χ3n) is 7.56. The Bertz CT molecular complexity index is 1090. The van der Waals surface area contributed by atoms with E-state index < -0.39 is 10.0 Å². The van der Waals surface area contributed by atoms with Gasteiger partial charge < -0.3 is 15.0 Å². The summed E-state index contributed by atoms with van der Waals surface area (Å²) < 4.78 is 31.9. The molecule has 0 heterocycles. The first-order chi connectivity index (χ1) is 18.2. The van der Waals surface area contributed by atoms with Crippen molar-refractivity contribution in [3.63, 3.8) is 0 Å². The van der Waals surface area contributed by atoms with Crippen molar-refractivity contribution in [3.05, 3.63) is 65.2 Å². The number of hydrogen-bond acceptors (Lipinski definition) is 5. The highest BCUT2D eigenvalue weighted by atomic mass is 35.5. The van der Waals surface area contributed by atoms with Crippen molar-refractivity contribution >= 4 is 27.5 Å². The average molecular weight is 564 g/mol. The van der Waals surface area contributed by atoms with Crippen LogP contribution in [0.15, 0.2) is 59.5 Å². The number of benzene rings is 2. The molecule has 0 saturated heterocycles. The number of halogens is 1. The van der Waals surface area contributed by atoms with E-state index in [1.807, 2.05) is 0 Å². The smallest absolute Gasteiger partial charge is 0.246 e. The molecule has 0 bridgehead atoms. The summed E-state index contributed by atoms with van der Waals surface area (Å²) in [5.41, 5.74) is 1.40. The largest absolute Gasteiger partial charge is 0.370 e. The number of hydrogen-bond donors (Lipinski definition) is 1. The van der Waals surface area contributed by atoms with Crippen LogP contribution in [-0.4, -0.2) is 77.0 Å². The van der Waals surface area contributed by atoms with E-state index in [0.29, 0.717) is 29.4 Å². The van der Waals surface area contributed by atoms with E-state index in [2.05, 4.69) is 54.6 Å². The molecule has 1 aliphatic rings. The minimum atomic E-state index is -3.62. The van der Waals surface area contributed by atoms with Gasteiger partial charge in [0.2, 0.25) is 15.9 Å². The molecule has 0 aliphatic heterocycles. The Morgan fingerprint density at radius 1 is 1.03 bits per heavy atom. The maximum atomic E-state index is 12.6. The topological polar surface area (TPSA) is 79.0 Å². The van der Waals surface area contributed by atoms with Gasteiger partial charge in [-0.05, 0) is 94.3 Å². The zero-order valence-corrected chi connectivity index (χ0v) is 24.4. The fourth-order valence-corrected chi connectivity index (χ4v) is 6.51. The molecule has 1 atom stereocenters. The molecule has 1 saturated carbocycles. The summed E-state index contributed by atoms with van der Waals surface area (Å²) in [6, 6.07) is 17.3. The molecule has 1 amide bonds. The first-order valence-electron chi connectivity index (χ1n) is 13.4. The highest BCUT2D eigenvalue weighted by Gasteiger charge is 2.29. The fourth-order valence-electron chi connectivity index (χ4n) is 5.23. The van der Waals surface area contributed by atoms with Crippen molar-refractivity contribution in [2.24, 2.45) is 11.8 Å². The third kappa shape index (κ3) is 9.35. The van der Waals surface area contributed by atoms with Gasteiger partial charge in [0.15, 0.2) is 0 Å². The van der Waals surface area contributed by atoms with Crippen molar-refractivity contribution in [1.29, 1.82) is 0 Å². The minimum Gasteiger partial charge on any atom is -0.370 e. The van der Waals surface area contributed by atoms with Crippen LogP contribution in [0.4, 0.5) is 0 Å². The standard InChI is InChI=1S/C29H42ClN3O4S/c1-32(2)28(18-11-23-7-5-4-6-8-23)25-12-9-24(10-13-25)21-31-29(34)22-37-20-19-33(3)38(35,36)27-16-14-26(30)15-17-27/h4-8,14-17,24-25,28H,9-13,18-22H2,1-3H3,(H,31,34). The molecule has 1 fully saturated rings. The van der Waals surface area contributed by atoms with Crippen LogP contribution < -0.4 is 5.32 Å². The van der Waals surface area contributed by atoms with Gasteiger partial charge in [-0.25, -0.2) is 8.42 Å². The van der Waals surface area contributed by atoms with Crippen molar-refractivity contribution in [1.82, 2.24) is 14.5 Å². The Labute approximate surface area is 233 Å². The molecule has 2 aromatic rings. The Morgan fingerprint density at radius 2 is 1.68 bits per heavy atom. The fraction of sp³-hybridized carbons (Fsp3) is 0.552. The zero-order chi connectivity index (χ0) is 27.5. The summed E-state index contributed by atoms with van der Waals surface area (Å²) in [5.74, 6) is 1.01. The molecule has 9 heteroatoms. The van der Waals surface area contributed by atoms with Gasteiger partial charge in [-0.3, -0.25) is 4.79 Å². The van der Waals surface area contributed by atoms with Crippen LogP contribution in [-0.2, 0) is 26.0 Å². The normalized spacial score (nSPS) is 19.0. The molecule has 1 N–H and O–H groups in total. The first-order valence-corrected chi connectivity index (χ1v) is 15.3. The summed E-state index contributed by atoms with van der Waals surface area (Å²) in [6.07, 6.45) is 6.87. The lowest BCUT2D eigenvalue weighted by atomic mass is 9.76. The van der Waals surface area contributed by atoms with E-state index in [9.17, 15) is 13.2 Å². The molecule has 0 aromatic heterocycles. The number of nitrogens with zero attached hydrogens (tertiary/aromatic N) is 2. The minimum absolute atomic E-state index is 0.0770. The quantitative estimate of drug-likeness (QED) is 0.343. The van der Waals surface area contributed by atoms with Crippen LogP contribution in [0.1, 0.15) is 37.7 Å². The van der Waals surface area contributed by atoms with E-state index in [1.54, 1.807) is 12.1 Å². The zero-order valence-electron chi connectivity index (χ0n) is 22.8. The predicted molar refractivity (Wildman–Crippen MR) is 153 cm³/mol. The van der Waals surface area contributed by atoms with Crippen molar-refractivity contribution < 1.29 is 17.9 Å². The number of likely N-dealkylation sites (N-methyl/N-ethyl adjacent to an activating group) is 1. The van der Waals surface area contributed by atoms with Gasteiger partial charge in [-0.2, -0.15) is 4.31 Å². The van der Waals surface area contributed by atoms with Crippen molar-refractivity contribution in [2.45, 2.75) is 49.5 Å². The third-order valence-corrected chi connectivity index (χ3v) is 9.69. The summed E-state index contributed by atoms with van der Waals surface area (Å²) in [6.45, 7) is 0.874. The first kappa shape index (κ1) is 30.6. The van der Waals surface area contributed by atoms with Crippen LogP contribution in [0.5, 0.6) is 0 Å². The highest BCUT2D eigenvalue weighted by Crippen LogP contribution is 2.33. The lowest BCUT2D eigenvalue weighted by Gasteiger charge is -2.37. The van der Waals surface area contributed by atoms with Gasteiger partial charge in [0.1, 0.15) is 6.61 Å². The lowest BCUT2D eigenvalue weighted by molar-refractivity contribution is -0.126. The Kier molecular flexibility index (Phi) is 12.1. The lowest BCUT2D eigenvalue weighted by Crippen LogP contribution is -2.39. The van der Waals surface area contributed by atoms with Crippen LogP contribution in [0.3, 0.4) is 0 Å². The second-order valence-corrected chi connectivity index (χ2v) is 13.0. The van der Waals surface area contributed by atoms with Crippen LogP contribution in [0.2, 0.25) is 5.02 Å². The van der Waals surface area contributed by atoms with Gasteiger partial charge in [-0.15, -0.1) is 0 Å². The number of carbonyl (C=O) groups excluding carboxylic acids is 1. The van der Waals surface area contributed by atoms with Crippen LogP contribution >= 0.6 is 11.6 Å². The van der Waals surface area contributed by atoms with E-state index in [0.717, 1.165) is 25.7 Å². The summed E-state index contributed by atoms with van der Waals surface area (Å²) >= 11 is 5.84. The maximum absolute atomic E-state index is 12.6. The van der Waals surface area contributed by atoms with Gasteiger partial charge in [0.25, 0.3) is 0 Å². The molecule has 0 radical (unpaired) electrons. The molecule has 0 spiro atoms. The Morgan fingerprint density at radius 3 is 2.32 bits per heavy atom. The number of amides is 1. The van der Waals surface area contributed by atoms with Crippen molar-refractivity contribution in [3.8, 4) is 0 Å². The van der Waals surface area contributed by atoms with Gasteiger partial charge in [0.05, 0.1) is 11.5 Å². The van der Waals surface area contributed by atoms with Crippen LogP contribution in [0, 0.1) is 11.8 Å². The summed E-state index contributed by atoms with van der Waals surface area (Å²) in [5, 5.41) is 3.47. The molecule has 210 valence electrons. The molecule has 7 nitrogen and oxygen atoms in total. The van der Waals surface area contributed by atoms with Gasteiger partial charge in [0, 0.05) is 31.2 Å². The number of nitrogens with one attached hydrogen (secondary N) is 1. The predicted octanol–water partition coefficient (Wildman–Crippen LogP) is 4.46. The number of sulfonamides is 1. The average Bonchev–Trinajstić information content (AvgIpc) is 2.91. The number of rotatable bonds is 14. The van der Waals surface area contributed by atoms with Gasteiger partial charge in [-0.1, -0.05) is 41.9 Å².